The smallest absolute Gasteiger partial charge is 0.216 e. The lowest BCUT2D eigenvalue weighted by Crippen LogP contribution is -2.26. The Balaban J connectivity index is 2.15. The fourth-order valence-corrected chi connectivity index (χ4v) is 1.81. The molecule has 1 heterocycles. The first-order valence-corrected chi connectivity index (χ1v) is 5.80. The van der Waals surface area contributed by atoms with Crippen LogP contribution in [0.1, 0.15) is 6.92 Å². The number of benzene rings is 1. The average Bonchev–Trinajstić information content (AvgIpc) is 2.34. The van der Waals surface area contributed by atoms with Gasteiger partial charge in [0.2, 0.25) is 5.91 Å². The largest absolute Gasteiger partial charge is 0.398 e. The van der Waals surface area contributed by atoms with E-state index in [-0.39, 0.29) is 5.91 Å². The van der Waals surface area contributed by atoms with Gasteiger partial charge in [0, 0.05) is 37.3 Å². The van der Waals surface area contributed by atoms with Crippen LogP contribution in [0.4, 0.5) is 11.5 Å². The molecular formula is C13H16N4O. The van der Waals surface area contributed by atoms with Crippen molar-refractivity contribution < 1.29 is 4.79 Å². The zero-order valence-electron chi connectivity index (χ0n) is 10.2. The highest BCUT2D eigenvalue weighted by Gasteiger charge is 2.04. The third-order valence-corrected chi connectivity index (χ3v) is 2.61. The van der Waals surface area contributed by atoms with E-state index >= 15 is 0 Å². The van der Waals surface area contributed by atoms with Gasteiger partial charge < -0.3 is 16.4 Å². The van der Waals surface area contributed by atoms with Crippen molar-refractivity contribution in [2.24, 2.45) is 0 Å². The van der Waals surface area contributed by atoms with Crippen LogP contribution in [-0.2, 0) is 4.79 Å². The minimum atomic E-state index is -0.0396. The number of hydrogen-bond acceptors (Lipinski definition) is 4. The van der Waals surface area contributed by atoms with Gasteiger partial charge in [-0.15, -0.1) is 0 Å². The van der Waals surface area contributed by atoms with E-state index in [1.807, 2.05) is 24.3 Å². The fourth-order valence-electron chi connectivity index (χ4n) is 1.81. The third-order valence-electron chi connectivity index (χ3n) is 2.61. The van der Waals surface area contributed by atoms with E-state index < -0.39 is 0 Å². The van der Waals surface area contributed by atoms with E-state index in [4.69, 9.17) is 5.73 Å². The first-order chi connectivity index (χ1) is 8.68. The Bertz CT molecular complexity index is 563. The molecule has 2 rings (SSSR count). The minimum absolute atomic E-state index is 0.0396. The summed E-state index contributed by atoms with van der Waals surface area (Å²) < 4.78 is 0. The molecule has 1 aromatic carbocycles. The van der Waals surface area contributed by atoms with Crippen molar-refractivity contribution in [3.63, 3.8) is 0 Å². The number of fused-ring (bicyclic) bond motifs is 1. The molecule has 1 amide bonds. The maximum absolute atomic E-state index is 10.7. The maximum atomic E-state index is 10.7. The molecule has 94 valence electrons. The van der Waals surface area contributed by atoms with Crippen molar-refractivity contribution in [1.82, 2.24) is 10.3 Å². The van der Waals surface area contributed by atoms with Gasteiger partial charge in [-0.2, -0.15) is 0 Å². The Labute approximate surface area is 105 Å². The molecule has 0 atom stereocenters. The summed E-state index contributed by atoms with van der Waals surface area (Å²) in [7, 11) is 0. The average molecular weight is 244 g/mol. The second-order valence-electron chi connectivity index (χ2n) is 4.01. The summed E-state index contributed by atoms with van der Waals surface area (Å²) >= 11 is 0. The molecule has 0 bridgehead atoms. The Morgan fingerprint density at radius 1 is 1.33 bits per heavy atom. The predicted octanol–water partition coefficient (Wildman–Crippen LogP) is 1.36. The van der Waals surface area contributed by atoms with Gasteiger partial charge >= 0.3 is 0 Å². The highest BCUT2D eigenvalue weighted by atomic mass is 16.1. The standard InChI is InChI=1S/C13H16N4O/c1-9(18)15-7-8-17-13-12-10(5-6-16-13)3-2-4-11(12)14/h2-6H,7-8,14H2,1H3,(H,15,18)(H,16,17). The van der Waals surface area contributed by atoms with Crippen molar-refractivity contribution in [2.45, 2.75) is 6.92 Å². The summed E-state index contributed by atoms with van der Waals surface area (Å²) in [6, 6.07) is 7.68. The summed E-state index contributed by atoms with van der Waals surface area (Å²) in [6.07, 6.45) is 1.74. The zero-order valence-corrected chi connectivity index (χ0v) is 10.2. The van der Waals surface area contributed by atoms with Gasteiger partial charge in [-0.1, -0.05) is 12.1 Å². The normalized spacial score (nSPS) is 10.3. The molecule has 0 aliphatic carbocycles. The van der Waals surface area contributed by atoms with E-state index in [0.717, 1.165) is 16.6 Å². The molecule has 18 heavy (non-hydrogen) atoms. The number of nitrogens with two attached hydrogens (primary N) is 1. The highest BCUT2D eigenvalue weighted by molar-refractivity contribution is 6.00. The minimum Gasteiger partial charge on any atom is -0.398 e. The summed E-state index contributed by atoms with van der Waals surface area (Å²) in [5, 5.41) is 7.86. The summed E-state index contributed by atoms with van der Waals surface area (Å²) in [5.74, 6) is 0.707. The van der Waals surface area contributed by atoms with Crippen LogP contribution in [0.15, 0.2) is 30.5 Å². The summed E-state index contributed by atoms with van der Waals surface area (Å²) in [5.41, 5.74) is 6.66. The Morgan fingerprint density at radius 3 is 2.94 bits per heavy atom. The first kappa shape index (κ1) is 12.2. The monoisotopic (exact) mass is 244 g/mol. The molecule has 0 unspecified atom stereocenters. The first-order valence-electron chi connectivity index (χ1n) is 5.80. The van der Waals surface area contributed by atoms with Gasteiger partial charge in [0.1, 0.15) is 5.82 Å². The predicted molar refractivity (Wildman–Crippen MR) is 73.3 cm³/mol. The Hall–Kier alpha value is -2.30. The molecule has 4 N–H and O–H groups in total. The molecule has 0 aliphatic heterocycles. The van der Waals surface area contributed by atoms with Gasteiger partial charge in [0.25, 0.3) is 0 Å². The molecule has 2 aromatic rings. The van der Waals surface area contributed by atoms with Crippen molar-refractivity contribution in [2.75, 3.05) is 24.1 Å². The van der Waals surface area contributed by atoms with E-state index in [1.165, 1.54) is 6.92 Å². The van der Waals surface area contributed by atoms with Crippen LogP contribution in [0.25, 0.3) is 10.8 Å². The van der Waals surface area contributed by atoms with E-state index in [9.17, 15) is 4.79 Å². The molecule has 0 spiro atoms. The van der Waals surface area contributed by atoms with Gasteiger partial charge in [0.15, 0.2) is 0 Å². The number of rotatable bonds is 4. The second kappa shape index (κ2) is 5.35. The number of aromatic nitrogens is 1. The summed E-state index contributed by atoms with van der Waals surface area (Å²) in [6.45, 7) is 2.66. The Kier molecular flexibility index (Phi) is 3.62. The van der Waals surface area contributed by atoms with E-state index in [2.05, 4.69) is 15.6 Å². The SMILES string of the molecule is CC(=O)NCCNc1nccc2cccc(N)c12. The highest BCUT2D eigenvalue weighted by Crippen LogP contribution is 2.26. The topological polar surface area (TPSA) is 80.0 Å². The Morgan fingerprint density at radius 2 is 2.17 bits per heavy atom. The van der Waals surface area contributed by atoms with Crippen molar-refractivity contribution in [3.05, 3.63) is 30.5 Å². The number of carbonyl (C=O) groups is 1. The van der Waals surface area contributed by atoms with Gasteiger partial charge in [-0.25, -0.2) is 4.98 Å². The number of nitrogen functional groups attached to an aromatic ring is 1. The van der Waals surface area contributed by atoms with Gasteiger partial charge in [-0.3, -0.25) is 4.79 Å². The van der Waals surface area contributed by atoms with E-state index in [1.54, 1.807) is 6.20 Å². The maximum Gasteiger partial charge on any atom is 0.216 e. The molecule has 1 aromatic heterocycles. The molecule has 0 radical (unpaired) electrons. The van der Waals surface area contributed by atoms with Gasteiger partial charge in [0.05, 0.1) is 0 Å². The molecule has 0 saturated carbocycles. The lowest BCUT2D eigenvalue weighted by atomic mass is 10.1. The van der Waals surface area contributed by atoms with E-state index in [0.29, 0.717) is 18.8 Å². The number of nitrogens with one attached hydrogen (secondary N) is 2. The number of anilines is 2. The van der Waals surface area contributed by atoms with Crippen molar-refractivity contribution in [3.8, 4) is 0 Å². The van der Waals surface area contributed by atoms with Crippen LogP contribution in [0.2, 0.25) is 0 Å². The van der Waals surface area contributed by atoms with Crippen LogP contribution in [0.3, 0.4) is 0 Å². The zero-order chi connectivity index (χ0) is 13.0. The van der Waals surface area contributed by atoms with Crippen LogP contribution < -0.4 is 16.4 Å². The number of hydrogen-bond donors (Lipinski definition) is 3. The quantitative estimate of drug-likeness (QED) is 0.560. The lowest BCUT2D eigenvalue weighted by molar-refractivity contribution is -0.118. The third kappa shape index (κ3) is 2.68. The molecule has 0 saturated heterocycles. The van der Waals surface area contributed by atoms with Crippen molar-refractivity contribution in [1.29, 1.82) is 0 Å². The second-order valence-corrected chi connectivity index (χ2v) is 4.01. The number of pyridine rings is 1. The van der Waals surface area contributed by atoms with Crippen LogP contribution in [0, 0.1) is 0 Å². The number of carbonyl (C=O) groups excluding carboxylic acids is 1. The van der Waals surface area contributed by atoms with Crippen LogP contribution in [-0.4, -0.2) is 24.0 Å². The summed E-state index contributed by atoms with van der Waals surface area (Å²) in [4.78, 5) is 15.0. The molecule has 5 heteroatoms. The molecule has 0 fully saturated rings. The van der Waals surface area contributed by atoms with Crippen LogP contribution >= 0.6 is 0 Å². The molecular weight excluding hydrogens is 228 g/mol. The number of nitrogens with zero attached hydrogens (tertiary/aromatic N) is 1. The number of amides is 1. The molecule has 0 aliphatic rings. The van der Waals surface area contributed by atoms with Gasteiger partial charge in [-0.05, 0) is 17.5 Å². The van der Waals surface area contributed by atoms with Crippen LogP contribution in [0.5, 0.6) is 0 Å². The molecule has 5 nitrogen and oxygen atoms in total. The van der Waals surface area contributed by atoms with Crippen molar-refractivity contribution >= 4 is 28.2 Å². The fraction of sp³-hybridized carbons (Fsp3) is 0.231. The lowest BCUT2D eigenvalue weighted by Gasteiger charge is -2.10.